The number of likely N-dealkylation sites (tertiary alicyclic amines) is 1. The first-order valence-corrected chi connectivity index (χ1v) is 8.64. The summed E-state index contributed by atoms with van der Waals surface area (Å²) in [5, 5.41) is 2.58. The van der Waals surface area contributed by atoms with Gasteiger partial charge in [-0.3, -0.25) is 4.79 Å². The Labute approximate surface area is 148 Å². The molecule has 0 bridgehead atoms. The average molecular weight is 356 g/mol. The summed E-state index contributed by atoms with van der Waals surface area (Å²) in [6.07, 6.45) is 1.52. The van der Waals surface area contributed by atoms with E-state index in [2.05, 4.69) is 10.1 Å². The topological polar surface area (TPSA) is 94.2 Å². The van der Waals surface area contributed by atoms with Gasteiger partial charge in [0.15, 0.2) is 0 Å². The largest absolute Gasteiger partial charge is 0.467 e. The molecule has 0 aromatic rings. The zero-order chi connectivity index (χ0) is 18.6. The van der Waals surface area contributed by atoms with Crippen LogP contribution < -0.4 is 5.32 Å². The SMILES string of the molecule is COC(=O)N[C@H](C(=O)N1CC2(CCOCC2)CC1C(=O)OC)C(C)C. The molecule has 8 nitrogen and oxygen atoms in total. The van der Waals surface area contributed by atoms with E-state index in [-0.39, 0.29) is 17.2 Å². The standard InChI is InChI=1S/C17H28N2O6/c1-11(2)13(18-16(22)24-4)14(20)19-10-17(5-7-25-8-6-17)9-12(19)15(21)23-3/h11-13H,5-10H2,1-4H3,(H,18,22)/t12?,13-/m0/s1. The highest BCUT2D eigenvalue weighted by Gasteiger charge is 2.51. The average Bonchev–Trinajstić information content (AvgIpc) is 2.97. The first-order valence-electron chi connectivity index (χ1n) is 8.64. The van der Waals surface area contributed by atoms with E-state index in [9.17, 15) is 14.4 Å². The second-order valence-corrected chi connectivity index (χ2v) is 7.18. The van der Waals surface area contributed by atoms with Gasteiger partial charge in [0.25, 0.3) is 0 Å². The maximum absolute atomic E-state index is 13.1. The smallest absolute Gasteiger partial charge is 0.407 e. The van der Waals surface area contributed by atoms with Crippen LogP contribution in [-0.2, 0) is 23.8 Å². The third kappa shape index (κ3) is 4.23. The Morgan fingerprint density at radius 2 is 1.80 bits per heavy atom. The maximum atomic E-state index is 13.1. The number of nitrogens with zero attached hydrogens (tertiary/aromatic N) is 1. The number of ether oxygens (including phenoxy) is 3. The van der Waals surface area contributed by atoms with Gasteiger partial charge in [-0.05, 0) is 30.6 Å². The van der Waals surface area contributed by atoms with Crippen LogP contribution >= 0.6 is 0 Å². The van der Waals surface area contributed by atoms with E-state index in [1.54, 1.807) is 4.90 Å². The van der Waals surface area contributed by atoms with Crippen molar-refractivity contribution in [2.75, 3.05) is 34.0 Å². The number of alkyl carbamates (subject to hydrolysis) is 1. The molecular weight excluding hydrogens is 328 g/mol. The molecule has 142 valence electrons. The number of hydrogen-bond acceptors (Lipinski definition) is 6. The van der Waals surface area contributed by atoms with Crippen LogP contribution in [-0.4, -0.2) is 68.9 Å². The molecule has 2 fully saturated rings. The van der Waals surface area contributed by atoms with Crippen LogP contribution in [0.2, 0.25) is 0 Å². The van der Waals surface area contributed by atoms with E-state index in [1.165, 1.54) is 14.2 Å². The lowest BCUT2D eigenvalue weighted by Gasteiger charge is -2.34. The van der Waals surface area contributed by atoms with E-state index < -0.39 is 24.1 Å². The quantitative estimate of drug-likeness (QED) is 0.754. The molecule has 0 radical (unpaired) electrons. The number of rotatable bonds is 4. The molecule has 2 amide bonds. The Bertz CT molecular complexity index is 515. The minimum absolute atomic E-state index is 0.125. The first kappa shape index (κ1) is 19.5. The Kier molecular flexibility index (Phi) is 6.26. The van der Waals surface area contributed by atoms with Gasteiger partial charge in [0.2, 0.25) is 5.91 Å². The minimum atomic E-state index is -0.755. The third-order valence-corrected chi connectivity index (χ3v) is 5.21. The molecule has 2 aliphatic heterocycles. The summed E-state index contributed by atoms with van der Waals surface area (Å²) in [5.41, 5.74) is -0.125. The molecule has 1 unspecified atom stereocenters. The lowest BCUT2D eigenvalue weighted by Crippen LogP contribution is -2.54. The molecule has 0 aromatic heterocycles. The van der Waals surface area contributed by atoms with Crippen molar-refractivity contribution in [2.24, 2.45) is 11.3 Å². The monoisotopic (exact) mass is 356 g/mol. The van der Waals surface area contributed by atoms with E-state index in [1.807, 2.05) is 13.8 Å². The predicted molar refractivity (Wildman–Crippen MR) is 88.8 cm³/mol. The van der Waals surface area contributed by atoms with E-state index in [0.717, 1.165) is 12.8 Å². The fraction of sp³-hybridized carbons (Fsp3) is 0.824. The van der Waals surface area contributed by atoms with Gasteiger partial charge in [-0.15, -0.1) is 0 Å². The molecule has 0 aromatic carbocycles. The second kappa shape index (κ2) is 8.03. The molecule has 2 heterocycles. The fourth-order valence-electron chi connectivity index (χ4n) is 3.68. The van der Waals surface area contributed by atoms with Gasteiger partial charge >= 0.3 is 12.1 Å². The molecule has 2 atom stereocenters. The number of amides is 2. The molecule has 2 rings (SSSR count). The summed E-state index contributed by atoms with van der Waals surface area (Å²) < 4.78 is 15.0. The van der Waals surface area contributed by atoms with Crippen LogP contribution in [0.15, 0.2) is 0 Å². The zero-order valence-corrected chi connectivity index (χ0v) is 15.4. The van der Waals surface area contributed by atoms with Crippen molar-refractivity contribution >= 4 is 18.0 Å². The van der Waals surface area contributed by atoms with Crippen LogP contribution in [0.5, 0.6) is 0 Å². The van der Waals surface area contributed by atoms with Crippen molar-refractivity contribution in [2.45, 2.75) is 45.2 Å². The summed E-state index contributed by atoms with van der Waals surface area (Å²) in [4.78, 5) is 38.5. The predicted octanol–water partition coefficient (Wildman–Crippen LogP) is 0.938. The van der Waals surface area contributed by atoms with Crippen molar-refractivity contribution in [3.05, 3.63) is 0 Å². The third-order valence-electron chi connectivity index (χ3n) is 5.21. The van der Waals surface area contributed by atoms with Gasteiger partial charge in [-0.2, -0.15) is 0 Å². The minimum Gasteiger partial charge on any atom is -0.467 e. The van der Waals surface area contributed by atoms with Crippen molar-refractivity contribution in [1.29, 1.82) is 0 Å². The summed E-state index contributed by atoms with van der Waals surface area (Å²) in [7, 11) is 2.58. The summed E-state index contributed by atoms with van der Waals surface area (Å²) >= 11 is 0. The highest BCUT2D eigenvalue weighted by Crippen LogP contribution is 2.43. The van der Waals surface area contributed by atoms with Crippen molar-refractivity contribution in [1.82, 2.24) is 10.2 Å². The summed E-state index contributed by atoms with van der Waals surface area (Å²) in [5.74, 6) is -0.840. The number of methoxy groups -OCH3 is 2. The molecule has 8 heteroatoms. The van der Waals surface area contributed by atoms with E-state index in [4.69, 9.17) is 9.47 Å². The van der Waals surface area contributed by atoms with Crippen LogP contribution in [0.3, 0.4) is 0 Å². The highest BCUT2D eigenvalue weighted by atomic mass is 16.5. The van der Waals surface area contributed by atoms with E-state index >= 15 is 0 Å². The van der Waals surface area contributed by atoms with Crippen LogP contribution in [0.4, 0.5) is 4.79 Å². The number of hydrogen-bond donors (Lipinski definition) is 1. The Hall–Kier alpha value is -1.83. The van der Waals surface area contributed by atoms with Gasteiger partial charge in [0, 0.05) is 19.8 Å². The fourth-order valence-corrected chi connectivity index (χ4v) is 3.68. The second-order valence-electron chi connectivity index (χ2n) is 7.18. The van der Waals surface area contributed by atoms with Crippen molar-refractivity contribution in [3.8, 4) is 0 Å². The lowest BCUT2D eigenvalue weighted by atomic mass is 9.78. The molecular formula is C17H28N2O6. The summed E-state index contributed by atoms with van der Waals surface area (Å²) in [6, 6.07) is -1.38. The number of esters is 1. The molecule has 2 aliphatic rings. The van der Waals surface area contributed by atoms with Crippen LogP contribution in [0.25, 0.3) is 0 Å². The molecule has 1 N–H and O–H groups in total. The van der Waals surface area contributed by atoms with Crippen LogP contribution in [0.1, 0.15) is 33.1 Å². The van der Waals surface area contributed by atoms with E-state index in [0.29, 0.717) is 26.2 Å². The molecule has 0 saturated carbocycles. The number of carbonyl (C=O) groups excluding carboxylic acids is 3. The Morgan fingerprint density at radius 1 is 1.16 bits per heavy atom. The lowest BCUT2D eigenvalue weighted by molar-refractivity contribution is -0.151. The van der Waals surface area contributed by atoms with Gasteiger partial charge in [-0.25, -0.2) is 9.59 Å². The van der Waals surface area contributed by atoms with Crippen LogP contribution in [0, 0.1) is 11.3 Å². The molecule has 2 saturated heterocycles. The maximum Gasteiger partial charge on any atom is 0.407 e. The Morgan fingerprint density at radius 3 is 2.32 bits per heavy atom. The highest BCUT2D eigenvalue weighted by molar-refractivity contribution is 5.90. The van der Waals surface area contributed by atoms with Crippen molar-refractivity contribution < 1.29 is 28.6 Å². The van der Waals surface area contributed by atoms with Gasteiger partial charge in [-0.1, -0.05) is 13.8 Å². The van der Waals surface area contributed by atoms with Crippen molar-refractivity contribution in [3.63, 3.8) is 0 Å². The van der Waals surface area contributed by atoms with Gasteiger partial charge in [0.1, 0.15) is 12.1 Å². The normalized spacial score (nSPS) is 23.4. The van der Waals surface area contributed by atoms with Gasteiger partial charge < -0.3 is 24.4 Å². The summed E-state index contributed by atoms with van der Waals surface area (Å²) in [6.45, 7) is 5.41. The Balaban J connectivity index is 2.23. The number of carbonyl (C=O) groups is 3. The first-order chi connectivity index (χ1) is 11.8. The molecule has 0 aliphatic carbocycles. The van der Waals surface area contributed by atoms with Gasteiger partial charge in [0.05, 0.1) is 14.2 Å². The molecule has 1 spiro atoms. The molecule has 25 heavy (non-hydrogen) atoms. The zero-order valence-electron chi connectivity index (χ0n) is 15.4. The number of nitrogens with one attached hydrogen (secondary N) is 1.